The van der Waals surface area contributed by atoms with Crippen LogP contribution in [0.4, 0.5) is 17.6 Å². The normalized spacial score (nSPS) is 11.8. The van der Waals surface area contributed by atoms with Crippen LogP contribution in [0.25, 0.3) is 0 Å². The van der Waals surface area contributed by atoms with Crippen LogP contribution in [-0.2, 0) is 6.18 Å². The van der Waals surface area contributed by atoms with Gasteiger partial charge in [-0.3, -0.25) is 0 Å². The topological polar surface area (TPSA) is 0 Å². The van der Waals surface area contributed by atoms with E-state index in [-0.39, 0.29) is 0 Å². The molecule has 0 heterocycles. The lowest BCUT2D eigenvalue weighted by Crippen LogP contribution is -2.06. The van der Waals surface area contributed by atoms with Gasteiger partial charge in [0.2, 0.25) is 0 Å². The third-order valence-electron chi connectivity index (χ3n) is 1.32. The minimum Gasteiger partial charge on any atom is -0.205 e. The summed E-state index contributed by atoms with van der Waals surface area (Å²) in [5, 5.41) is -1.30. The molecule has 0 saturated heterocycles. The fourth-order valence-electron chi connectivity index (χ4n) is 0.740. The molecular weight excluding hydrogens is 231 g/mol. The van der Waals surface area contributed by atoms with Crippen molar-refractivity contribution in [1.82, 2.24) is 0 Å². The second kappa shape index (κ2) is 3.35. The fraction of sp³-hybridized carbons (Fsp3) is 0.143. The molecule has 0 bridgehead atoms. The van der Waals surface area contributed by atoms with Crippen molar-refractivity contribution in [3.05, 3.63) is 33.6 Å². The SMILES string of the molecule is Fc1cc(Cl)c(C(F)(F)F)cc1Cl. The fourth-order valence-corrected chi connectivity index (χ4v) is 1.16. The van der Waals surface area contributed by atoms with E-state index < -0.39 is 27.6 Å². The summed E-state index contributed by atoms with van der Waals surface area (Å²) >= 11 is 10.3. The summed E-state index contributed by atoms with van der Waals surface area (Å²) in [7, 11) is 0. The summed E-state index contributed by atoms with van der Waals surface area (Å²) in [4.78, 5) is 0. The van der Waals surface area contributed by atoms with Crippen molar-refractivity contribution in [1.29, 1.82) is 0 Å². The number of hydrogen-bond acceptors (Lipinski definition) is 0. The smallest absolute Gasteiger partial charge is 0.205 e. The van der Waals surface area contributed by atoms with Crippen LogP contribution in [0.1, 0.15) is 5.56 Å². The van der Waals surface area contributed by atoms with Crippen molar-refractivity contribution < 1.29 is 17.6 Å². The molecule has 72 valence electrons. The van der Waals surface area contributed by atoms with Gasteiger partial charge in [0.1, 0.15) is 5.82 Å². The lowest BCUT2D eigenvalue weighted by atomic mass is 10.2. The highest BCUT2D eigenvalue weighted by Crippen LogP contribution is 2.36. The van der Waals surface area contributed by atoms with Gasteiger partial charge >= 0.3 is 6.18 Å². The first-order chi connectivity index (χ1) is 5.82. The molecule has 0 radical (unpaired) electrons. The predicted octanol–water partition coefficient (Wildman–Crippen LogP) is 4.15. The average Bonchev–Trinajstić information content (AvgIpc) is 1.94. The Morgan fingerprint density at radius 3 is 2.00 bits per heavy atom. The molecule has 0 amide bonds. The minimum atomic E-state index is -4.62. The van der Waals surface area contributed by atoms with Crippen LogP contribution in [0.15, 0.2) is 12.1 Å². The van der Waals surface area contributed by atoms with Crippen molar-refractivity contribution in [2.45, 2.75) is 6.18 Å². The number of benzene rings is 1. The molecule has 0 N–H and O–H groups in total. The molecule has 1 rings (SSSR count). The maximum absolute atomic E-state index is 12.6. The molecule has 0 atom stereocenters. The van der Waals surface area contributed by atoms with Gasteiger partial charge in [0, 0.05) is 0 Å². The van der Waals surface area contributed by atoms with Gasteiger partial charge in [0.15, 0.2) is 0 Å². The lowest BCUT2D eigenvalue weighted by Gasteiger charge is -2.08. The molecule has 13 heavy (non-hydrogen) atoms. The second-order valence-corrected chi connectivity index (χ2v) is 3.06. The minimum absolute atomic E-state index is 0.458. The molecule has 0 aliphatic heterocycles. The Balaban J connectivity index is 3.32. The molecule has 1 aromatic carbocycles. The third kappa shape index (κ3) is 2.25. The molecule has 0 unspecified atom stereocenters. The van der Waals surface area contributed by atoms with Gasteiger partial charge in [-0.15, -0.1) is 0 Å². The van der Waals surface area contributed by atoms with Gasteiger partial charge < -0.3 is 0 Å². The number of alkyl halides is 3. The standard InChI is InChI=1S/C7H2Cl2F4/c8-4-2-6(10)5(9)1-3(4)7(11,12)13/h1-2H. The van der Waals surface area contributed by atoms with E-state index >= 15 is 0 Å². The van der Waals surface area contributed by atoms with Crippen LogP contribution in [-0.4, -0.2) is 0 Å². The van der Waals surface area contributed by atoms with E-state index in [1.54, 1.807) is 0 Å². The van der Waals surface area contributed by atoms with Crippen LogP contribution in [0, 0.1) is 5.82 Å². The molecule has 0 aromatic heterocycles. The maximum atomic E-state index is 12.6. The Kier molecular flexibility index (Phi) is 2.73. The summed E-state index contributed by atoms with van der Waals surface area (Å²) in [6, 6.07) is 0.992. The Labute approximate surface area is 81.1 Å². The predicted molar refractivity (Wildman–Crippen MR) is 41.4 cm³/mol. The zero-order valence-corrected chi connectivity index (χ0v) is 7.43. The molecule has 0 nitrogen and oxygen atoms in total. The quantitative estimate of drug-likeness (QED) is 0.466. The van der Waals surface area contributed by atoms with Gasteiger partial charge in [-0.2, -0.15) is 13.2 Å². The lowest BCUT2D eigenvalue weighted by molar-refractivity contribution is -0.137. The summed E-state index contributed by atoms with van der Waals surface area (Å²) < 4.78 is 48.8. The van der Waals surface area contributed by atoms with Gasteiger partial charge in [-0.05, 0) is 12.1 Å². The van der Waals surface area contributed by atoms with E-state index in [9.17, 15) is 17.6 Å². The molecular formula is C7H2Cl2F4. The molecule has 0 aliphatic carbocycles. The van der Waals surface area contributed by atoms with E-state index in [1.165, 1.54) is 0 Å². The second-order valence-electron chi connectivity index (χ2n) is 2.24. The van der Waals surface area contributed by atoms with Gasteiger partial charge in [0.05, 0.1) is 15.6 Å². The number of hydrogen-bond donors (Lipinski definition) is 0. The molecule has 1 aromatic rings. The Bertz CT molecular complexity index is 332. The highest BCUT2D eigenvalue weighted by Gasteiger charge is 2.33. The number of halogens is 6. The zero-order valence-electron chi connectivity index (χ0n) is 5.92. The van der Waals surface area contributed by atoms with Gasteiger partial charge in [0.25, 0.3) is 0 Å². The zero-order chi connectivity index (χ0) is 10.2. The number of rotatable bonds is 0. The van der Waals surface area contributed by atoms with Gasteiger partial charge in [-0.25, -0.2) is 4.39 Å². The van der Waals surface area contributed by atoms with Gasteiger partial charge in [-0.1, -0.05) is 23.2 Å². The maximum Gasteiger partial charge on any atom is 0.417 e. The van der Waals surface area contributed by atoms with Crippen LogP contribution in [0.5, 0.6) is 0 Å². The summed E-state index contributed by atoms with van der Waals surface area (Å²) in [5.74, 6) is -0.973. The molecule has 0 saturated carbocycles. The Morgan fingerprint density at radius 2 is 1.54 bits per heavy atom. The summed E-state index contributed by atoms with van der Waals surface area (Å²) in [6.07, 6.45) is -4.62. The van der Waals surface area contributed by atoms with E-state index in [0.717, 1.165) is 0 Å². The molecule has 0 fully saturated rings. The largest absolute Gasteiger partial charge is 0.417 e. The van der Waals surface area contributed by atoms with Crippen LogP contribution in [0.3, 0.4) is 0 Å². The molecule has 6 heteroatoms. The first kappa shape index (κ1) is 10.6. The van der Waals surface area contributed by atoms with Crippen LogP contribution < -0.4 is 0 Å². The average molecular weight is 233 g/mol. The highest BCUT2D eigenvalue weighted by atomic mass is 35.5. The van der Waals surface area contributed by atoms with Crippen molar-refractivity contribution in [3.63, 3.8) is 0 Å². The summed E-state index contributed by atoms with van der Waals surface area (Å²) in [5.41, 5.74) is -1.14. The van der Waals surface area contributed by atoms with Crippen molar-refractivity contribution >= 4 is 23.2 Å². The van der Waals surface area contributed by atoms with E-state index in [0.29, 0.717) is 12.1 Å². The third-order valence-corrected chi connectivity index (χ3v) is 1.92. The monoisotopic (exact) mass is 232 g/mol. The highest BCUT2D eigenvalue weighted by molar-refractivity contribution is 6.33. The van der Waals surface area contributed by atoms with Crippen molar-refractivity contribution in [2.75, 3.05) is 0 Å². The first-order valence-electron chi connectivity index (χ1n) is 3.04. The first-order valence-corrected chi connectivity index (χ1v) is 3.79. The van der Waals surface area contributed by atoms with Crippen molar-refractivity contribution in [3.8, 4) is 0 Å². The van der Waals surface area contributed by atoms with E-state index in [2.05, 4.69) is 0 Å². The van der Waals surface area contributed by atoms with E-state index in [1.807, 2.05) is 0 Å². The summed E-state index contributed by atoms with van der Waals surface area (Å²) in [6.45, 7) is 0. The van der Waals surface area contributed by atoms with E-state index in [4.69, 9.17) is 23.2 Å². The molecule has 0 aliphatic rings. The van der Waals surface area contributed by atoms with Crippen LogP contribution >= 0.6 is 23.2 Å². The van der Waals surface area contributed by atoms with Crippen LogP contribution in [0.2, 0.25) is 10.0 Å². The van der Waals surface area contributed by atoms with Crippen molar-refractivity contribution in [2.24, 2.45) is 0 Å². The Hall–Kier alpha value is -0.480. The Morgan fingerprint density at radius 1 is 1.00 bits per heavy atom. The molecule has 0 spiro atoms.